The number of nitrogens with two attached hydrogens (primary N) is 2. The molecule has 0 saturated carbocycles. The summed E-state index contributed by atoms with van der Waals surface area (Å²) in [5, 5.41) is 0. The van der Waals surface area contributed by atoms with Gasteiger partial charge in [0, 0.05) is 12.1 Å². The average Bonchev–Trinajstić information content (AvgIpc) is 2.87. The van der Waals surface area contributed by atoms with Crippen molar-refractivity contribution in [2.24, 2.45) is 11.5 Å². The Morgan fingerprint density at radius 2 is 1.26 bits per heavy atom. The van der Waals surface area contributed by atoms with Gasteiger partial charge in [-0.2, -0.15) is 0 Å². The Morgan fingerprint density at radius 3 is 1.65 bits per heavy atom. The van der Waals surface area contributed by atoms with Crippen LogP contribution in [0.15, 0.2) is 36.4 Å². The molecule has 23 heavy (non-hydrogen) atoms. The Bertz CT molecular complexity index is 636. The largest absolute Gasteiger partial charge is 0.492 e. The lowest BCUT2D eigenvalue weighted by Crippen LogP contribution is -2.23. The number of fused-ring (bicyclic) bond motifs is 3. The zero-order valence-corrected chi connectivity index (χ0v) is 13.7. The second kappa shape index (κ2) is 6.60. The zero-order valence-electron chi connectivity index (χ0n) is 13.7. The second-order valence-electron chi connectivity index (χ2n) is 6.39. The van der Waals surface area contributed by atoms with Crippen molar-refractivity contribution in [1.82, 2.24) is 0 Å². The molecule has 4 N–H and O–H groups in total. The molecule has 4 nitrogen and oxygen atoms in total. The number of hydrogen-bond acceptors (Lipinski definition) is 4. The Morgan fingerprint density at radius 1 is 0.826 bits per heavy atom. The monoisotopic (exact) mass is 312 g/mol. The van der Waals surface area contributed by atoms with Gasteiger partial charge in [-0.15, -0.1) is 0 Å². The third-order valence-corrected chi connectivity index (χ3v) is 3.85. The van der Waals surface area contributed by atoms with Crippen molar-refractivity contribution in [3.8, 4) is 22.6 Å². The van der Waals surface area contributed by atoms with Gasteiger partial charge in [-0.3, -0.25) is 0 Å². The van der Waals surface area contributed by atoms with E-state index in [9.17, 15) is 0 Å². The summed E-state index contributed by atoms with van der Waals surface area (Å²) < 4.78 is 11.4. The molecule has 2 aromatic carbocycles. The van der Waals surface area contributed by atoms with Crippen LogP contribution >= 0.6 is 0 Å². The smallest absolute Gasteiger partial charge is 0.119 e. The van der Waals surface area contributed by atoms with E-state index in [1.54, 1.807) is 0 Å². The predicted molar refractivity (Wildman–Crippen MR) is 93.0 cm³/mol. The summed E-state index contributed by atoms with van der Waals surface area (Å²) in [7, 11) is 0. The first-order chi connectivity index (χ1) is 11.0. The minimum absolute atomic E-state index is 0.0325. The van der Waals surface area contributed by atoms with E-state index in [2.05, 4.69) is 24.3 Å². The number of rotatable bonds is 6. The molecule has 0 fully saturated rings. The van der Waals surface area contributed by atoms with Gasteiger partial charge in [0.15, 0.2) is 0 Å². The van der Waals surface area contributed by atoms with Crippen molar-refractivity contribution in [3.63, 3.8) is 0 Å². The Kier molecular flexibility index (Phi) is 4.55. The zero-order chi connectivity index (χ0) is 16.4. The van der Waals surface area contributed by atoms with Crippen LogP contribution < -0.4 is 20.9 Å². The standard InChI is InChI=1S/C19H24N2O2/c1-12(20)10-22-16-3-5-18-14(8-16)7-15-9-17(4-6-19(15)18)23-11-13(2)21/h3-6,8-9,12-13H,7,10-11,20-21H2,1-2H3. The van der Waals surface area contributed by atoms with Crippen LogP contribution in [0.1, 0.15) is 25.0 Å². The molecule has 0 aromatic heterocycles. The first kappa shape index (κ1) is 15.8. The highest BCUT2D eigenvalue weighted by atomic mass is 16.5. The van der Waals surface area contributed by atoms with Crippen molar-refractivity contribution in [1.29, 1.82) is 0 Å². The summed E-state index contributed by atoms with van der Waals surface area (Å²) in [4.78, 5) is 0. The topological polar surface area (TPSA) is 70.5 Å². The van der Waals surface area contributed by atoms with Crippen molar-refractivity contribution in [2.45, 2.75) is 32.4 Å². The molecule has 0 heterocycles. The maximum Gasteiger partial charge on any atom is 0.119 e. The first-order valence-corrected chi connectivity index (χ1v) is 8.06. The van der Waals surface area contributed by atoms with Gasteiger partial charge in [0.05, 0.1) is 0 Å². The molecule has 3 rings (SSSR count). The Hall–Kier alpha value is -2.04. The number of benzene rings is 2. The van der Waals surface area contributed by atoms with Gasteiger partial charge in [-0.25, -0.2) is 0 Å². The van der Waals surface area contributed by atoms with Crippen LogP contribution in [-0.2, 0) is 6.42 Å². The molecule has 2 atom stereocenters. The third-order valence-electron chi connectivity index (χ3n) is 3.85. The molecule has 2 unspecified atom stereocenters. The second-order valence-corrected chi connectivity index (χ2v) is 6.39. The highest BCUT2D eigenvalue weighted by molar-refractivity contribution is 5.78. The van der Waals surface area contributed by atoms with Gasteiger partial charge in [0.25, 0.3) is 0 Å². The number of hydrogen-bond donors (Lipinski definition) is 2. The summed E-state index contributed by atoms with van der Waals surface area (Å²) in [5.74, 6) is 1.75. The quantitative estimate of drug-likeness (QED) is 0.734. The van der Waals surface area contributed by atoms with E-state index >= 15 is 0 Å². The van der Waals surface area contributed by atoms with Gasteiger partial charge in [0.2, 0.25) is 0 Å². The van der Waals surface area contributed by atoms with E-state index in [-0.39, 0.29) is 12.1 Å². The predicted octanol–water partition coefficient (Wildman–Crippen LogP) is 2.71. The van der Waals surface area contributed by atoms with Crippen LogP contribution in [0.5, 0.6) is 11.5 Å². The minimum Gasteiger partial charge on any atom is -0.492 e. The highest BCUT2D eigenvalue weighted by Crippen LogP contribution is 2.39. The molecule has 4 heteroatoms. The molecule has 0 spiro atoms. The maximum atomic E-state index is 5.74. The number of ether oxygens (including phenoxy) is 2. The van der Waals surface area contributed by atoms with Crippen molar-refractivity contribution < 1.29 is 9.47 Å². The van der Waals surface area contributed by atoms with Crippen molar-refractivity contribution in [3.05, 3.63) is 47.5 Å². The normalized spacial score (nSPS) is 14.8. The van der Waals surface area contributed by atoms with E-state index in [0.29, 0.717) is 13.2 Å². The maximum absolute atomic E-state index is 5.74. The molecular weight excluding hydrogens is 288 g/mol. The van der Waals surface area contributed by atoms with Gasteiger partial charge >= 0.3 is 0 Å². The first-order valence-electron chi connectivity index (χ1n) is 8.06. The van der Waals surface area contributed by atoms with Gasteiger partial charge in [-0.05, 0) is 66.8 Å². The highest BCUT2D eigenvalue weighted by Gasteiger charge is 2.19. The lowest BCUT2D eigenvalue weighted by molar-refractivity contribution is 0.296. The van der Waals surface area contributed by atoms with Crippen LogP contribution in [-0.4, -0.2) is 25.3 Å². The summed E-state index contributed by atoms with van der Waals surface area (Å²) in [5.41, 5.74) is 16.6. The molecule has 0 aliphatic heterocycles. The summed E-state index contributed by atoms with van der Waals surface area (Å²) in [6, 6.07) is 12.6. The van der Waals surface area contributed by atoms with Crippen LogP contribution in [0.4, 0.5) is 0 Å². The van der Waals surface area contributed by atoms with Crippen LogP contribution in [0.3, 0.4) is 0 Å². The molecule has 0 amide bonds. The fourth-order valence-electron chi connectivity index (χ4n) is 2.80. The molecule has 0 bridgehead atoms. The van der Waals surface area contributed by atoms with Crippen molar-refractivity contribution in [2.75, 3.05) is 13.2 Å². The lowest BCUT2D eigenvalue weighted by Gasteiger charge is -2.10. The van der Waals surface area contributed by atoms with Gasteiger partial charge in [-0.1, -0.05) is 12.1 Å². The van der Waals surface area contributed by atoms with Crippen molar-refractivity contribution >= 4 is 0 Å². The fourth-order valence-corrected chi connectivity index (χ4v) is 2.80. The third kappa shape index (κ3) is 3.66. The van der Waals surface area contributed by atoms with E-state index in [1.165, 1.54) is 22.3 Å². The van der Waals surface area contributed by atoms with Gasteiger partial charge in [0.1, 0.15) is 24.7 Å². The molecule has 0 radical (unpaired) electrons. The Balaban J connectivity index is 1.77. The molecule has 122 valence electrons. The van der Waals surface area contributed by atoms with E-state index < -0.39 is 0 Å². The molecule has 1 aliphatic carbocycles. The Labute approximate surface area is 137 Å². The summed E-state index contributed by atoms with van der Waals surface area (Å²) in [6.07, 6.45) is 0.898. The molecular formula is C19H24N2O2. The molecule has 0 saturated heterocycles. The lowest BCUT2D eigenvalue weighted by atomic mass is 10.1. The van der Waals surface area contributed by atoms with Crippen LogP contribution in [0.2, 0.25) is 0 Å². The minimum atomic E-state index is 0.0325. The summed E-state index contributed by atoms with van der Waals surface area (Å²) >= 11 is 0. The SMILES string of the molecule is CC(N)COc1ccc2c(c1)Cc1cc(OCC(C)N)ccc1-2. The van der Waals surface area contributed by atoms with Crippen LogP contribution in [0, 0.1) is 0 Å². The van der Waals surface area contributed by atoms with Gasteiger partial charge < -0.3 is 20.9 Å². The molecule has 2 aromatic rings. The average molecular weight is 312 g/mol. The van der Waals surface area contributed by atoms with E-state index in [4.69, 9.17) is 20.9 Å². The van der Waals surface area contributed by atoms with Crippen LogP contribution in [0.25, 0.3) is 11.1 Å². The molecule has 1 aliphatic rings. The fraction of sp³-hybridized carbons (Fsp3) is 0.368. The summed E-state index contributed by atoms with van der Waals surface area (Å²) in [6.45, 7) is 4.93. The van der Waals surface area contributed by atoms with E-state index in [0.717, 1.165) is 17.9 Å². The van der Waals surface area contributed by atoms with E-state index in [1.807, 2.05) is 26.0 Å².